The summed E-state index contributed by atoms with van der Waals surface area (Å²) in [6.45, 7) is 5.62. The van der Waals surface area contributed by atoms with Crippen LogP contribution in [0, 0.1) is 20.8 Å². The number of nitrogens with zero attached hydrogens (tertiary/aromatic N) is 5. The number of rotatable bonds is 7. The Morgan fingerprint density at radius 3 is 2.42 bits per heavy atom. The molecule has 3 aromatic heterocycles. The SMILES string of the molecule is Cc1nn(Cc2cccc(Cl)c2)c(C)c1NC(=O)Cn1nc(C)c2c(C(F)F)cc(-c3ccccc3)nc21. The number of benzene rings is 2. The third kappa shape index (κ3) is 5.02. The summed E-state index contributed by atoms with van der Waals surface area (Å²) >= 11 is 6.11. The lowest BCUT2D eigenvalue weighted by Crippen LogP contribution is -2.20. The number of hydrogen-bond donors (Lipinski definition) is 1. The molecule has 3 heterocycles. The Morgan fingerprint density at radius 2 is 1.71 bits per heavy atom. The van der Waals surface area contributed by atoms with Gasteiger partial charge < -0.3 is 5.32 Å². The lowest BCUT2D eigenvalue weighted by Gasteiger charge is -2.10. The van der Waals surface area contributed by atoms with Gasteiger partial charge in [0.05, 0.1) is 40.4 Å². The number of fused-ring (bicyclic) bond motifs is 1. The van der Waals surface area contributed by atoms with E-state index in [1.807, 2.05) is 50.2 Å². The van der Waals surface area contributed by atoms with E-state index in [1.165, 1.54) is 10.7 Å². The van der Waals surface area contributed by atoms with E-state index in [0.29, 0.717) is 39.9 Å². The molecule has 2 aromatic carbocycles. The zero-order valence-electron chi connectivity index (χ0n) is 21.0. The van der Waals surface area contributed by atoms with Gasteiger partial charge in [-0.15, -0.1) is 0 Å². The van der Waals surface area contributed by atoms with Crippen molar-refractivity contribution in [1.29, 1.82) is 0 Å². The first-order valence-electron chi connectivity index (χ1n) is 12.0. The maximum absolute atomic E-state index is 14.0. The van der Waals surface area contributed by atoms with Crippen molar-refractivity contribution in [3.63, 3.8) is 0 Å². The monoisotopic (exact) mass is 534 g/mol. The maximum atomic E-state index is 14.0. The number of alkyl halides is 2. The number of amides is 1. The van der Waals surface area contributed by atoms with Gasteiger partial charge in [0, 0.05) is 16.1 Å². The van der Waals surface area contributed by atoms with Crippen LogP contribution in [0.15, 0.2) is 60.7 Å². The van der Waals surface area contributed by atoms with Gasteiger partial charge in [-0.2, -0.15) is 10.2 Å². The summed E-state index contributed by atoms with van der Waals surface area (Å²) in [7, 11) is 0. The number of aryl methyl sites for hydroxylation is 2. The first-order chi connectivity index (χ1) is 18.2. The topological polar surface area (TPSA) is 77.6 Å². The summed E-state index contributed by atoms with van der Waals surface area (Å²) in [6, 6.07) is 18.0. The van der Waals surface area contributed by atoms with Gasteiger partial charge in [0.15, 0.2) is 5.65 Å². The van der Waals surface area contributed by atoms with Crippen LogP contribution in [0.5, 0.6) is 0 Å². The molecule has 0 aliphatic heterocycles. The molecular weight excluding hydrogens is 510 g/mol. The molecule has 1 N–H and O–H groups in total. The van der Waals surface area contributed by atoms with Crippen LogP contribution in [0.4, 0.5) is 14.5 Å². The molecule has 5 aromatic rings. The Morgan fingerprint density at radius 1 is 0.974 bits per heavy atom. The predicted octanol–water partition coefficient (Wildman–Crippen LogP) is 6.50. The molecule has 1 amide bonds. The van der Waals surface area contributed by atoms with Crippen molar-refractivity contribution in [2.75, 3.05) is 5.32 Å². The Bertz CT molecular complexity index is 1640. The highest BCUT2D eigenvalue weighted by atomic mass is 35.5. The molecule has 0 unspecified atom stereocenters. The van der Waals surface area contributed by atoms with Crippen LogP contribution in [0.1, 0.15) is 34.6 Å². The fraction of sp³-hybridized carbons (Fsp3) is 0.214. The highest BCUT2D eigenvalue weighted by molar-refractivity contribution is 6.30. The second kappa shape index (κ2) is 10.3. The van der Waals surface area contributed by atoms with Crippen molar-refractivity contribution in [3.8, 4) is 11.3 Å². The number of halogens is 3. The van der Waals surface area contributed by atoms with Crippen LogP contribution in [-0.4, -0.2) is 30.5 Å². The molecular formula is C28H25ClF2N6O. The van der Waals surface area contributed by atoms with Crippen molar-refractivity contribution in [1.82, 2.24) is 24.5 Å². The summed E-state index contributed by atoms with van der Waals surface area (Å²) < 4.78 is 31.3. The molecule has 0 spiro atoms. The third-order valence-electron chi connectivity index (χ3n) is 6.37. The number of pyridine rings is 1. The summed E-state index contributed by atoms with van der Waals surface area (Å²) in [4.78, 5) is 17.7. The normalized spacial score (nSPS) is 11.4. The molecule has 0 atom stereocenters. The molecule has 0 radical (unpaired) electrons. The Hall–Kier alpha value is -4.11. The molecule has 0 fully saturated rings. The van der Waals surface area contributed by atoms with E-state index in [9.17, 15) is 13.6 Å². The van der Waals surface area contributed by atoms with Gasteiger partial charge in [0.25, 0.3) is 6.43 Å². The van der Waals surface area contributed by atoms with Crippen molar-refractivity contribution >= 4 is 34.2 Å². The lowest BCUT2D eigenvalue weighted by atomic mass is 10.1. The lowest BCUT2D eigenvalue weighted by molar-refractivity contribution is -0.116. The van der Waals surface area contributed by atoms with Gasteiger partial charge in [-0.05, 0) is 44.5 Å². The molecule has 0 saturated heterocycles. The van der Waals surface area contributed by atoms with Gasteiger partial charge in [0.1, 0.15) is 6.54 Å². The van der Waals surface area contributed by atoms with Gasteiger partial charge in [-0.1, -0.05) is 54.1 Å². The minimum Gasteiger partial charge on any atom is -0.321 e. The van der Waals surface area contributed by atoms with E-state index >= 15 is 0 Å². The molecule has 0 aliphatic carbocycles. The molecule has 0 saturated carbocycles. The van der Waals surface area contributed by atoms with Crippen LogP contribution in [-0.2, 0) is 17.9 Å². The van der Waals surface area contributed by atoms with Gasteiger partial charge in [-0.25, -0.2) is 18.4 Å². The van der Waals surface area contributed by atoms with Gasteiger partial charge in [0.2, 0.25) is 5.91 Å². The summed E-state index contributed by atoms with van der Waals surface area (Å²) in [5, 5.41) is 12.8. The molecule has 7 nitrogen and oxygen atoms in total. The smallest absolute Gasteiger partial charge is 0.264 e. The molecule has 0 bridgehead atoms. The predicted molar refractivity (Wildman–Crippen MR) is 144 cm³/mol. The number of aromatic nitrogens is 5. The average Bonchev–Trinajstić information content (AvgIpc) is 3.34. The van der Waals surface area contributed by atoms with E-state index in [4.69, 9.17) is 11.6 Å². The fourth-order valence-corrected chi connectivity index (χ4v) is 4.79. The molecule has 38 heavy (non-hydrogen) atoms. The van der Waals surface area contributed by atoms with Crippen molar-refractivity contribution in [3.05, 3.63) is 93.9 Å². The highest BCUT2D eigenvalue weighted by Crippen LogP contribution is 2.33. The minimum atomic E-state index is -2.72. The second-order valence-corrected chi connectivity index (χ2v) is 9.52. The van der Waals surface area contributed by atoms with Gasteiger partial charge >= 0.3 is 0 Å². The van der Waals surface area contributed by atoms with E-state index in [1.54, 1.807) is 29.8 Å². The van der Waals surface area contributed by atoms with E-state index in [0.717, 1.165) is 11.3 Å². The fourth-order valence-electron chi connectivity index (χ4n) is 4.58. The molecule has 194 valence electrons. The molecule has 10 heteroatoms. The summed E-state index contributed by atoms with van der Waals surface area (Å²) in [5.74, 6) is -0.367. The van der Waals surface area contributed by atoms with Crippen LogP contribution >= 0.6 is 11.6 Å². The standard InChI is InChI=1S/C28H25ClF2N6O/c1-16-25-22(27(30)31)13-23(20-9-5-4-6-10-20)32-28(25)37(34-16)15-24(38)33-26-17(2)35-36(18(26)3)14-19-8-7-11-21(29)12-19/h4-13,27H,14-15H2,1-3H3,(H,33,38). The first kappa shape index (κ1) is 25.5. The Balaban J connectivity index is 1.44. The van der Waals surface area contributed by atoms with E-state index in [2.05, 4.69) is 20.5 Å². The van der Waals surface area contributed by atoms with E-state index < -0.39 is 6.43 Å². The Kier molecular flexibility index (Phi) is 6.94. The van der Waals surface area contributed by atoms with Crippen LogP contribution in [0.2, 0.25) is 5.02 Å². The zero-order chi connectivity index (χ0) is 27.0. The Labute approximate surface area is 223 Å². The third-order valence-corrected chi connectivity index (χ3v) is 6.61. The largest absolute Gasteiger partial charge is 0.321 e. The van der Waals surface area contributed by atoms with Crippen LogP contribution < -0.4 is 5.32 Å². The number of nitrogens with one attached hydrogen (secondary N) is 1. The number of carbonyl (C=O) groups excluding carboxylic acids is 1. The number of anilines is 1. The van der Waals surface area contributed by atoms with Crippen LogP contribution in [0.25, 0.3) is 22.3 Å². The number of hydrogen-bond acceptors (Lipinski definition) is 4. The average molecular weight is 535 g/mol. The van der Waals surface area contributed by atoms with E-state index in [-0.39, 0.29) is 29.0 Å². The van der Waals surface area contributed by atoms with Gasteiger partial charge in [-0.3, -0.25) is 9.48 Å². The molecule has 0 aliphatic rings. The number of carbonyl (C=O) groups is 1. The minimum absolute atomic E-state index is 0.160. The molecule has 5 rings (SSSR count). The highest BCUT2D eigenvalue weighted by Gasteiger charge is 2.23. The van der Waals surface area contributed by atoms with Crippen LogP contribution in [0.3, 0.4) is 0 Å². The summed E-state index contributed by atoms with van der Waals surface area (Å²) in [6.07, 6.45) is -2.72. The van der Waals surface area contributed by atoms with Crippen molar-refractivity contribution < 1.29 is 13.6 Å². The first-order valence-corrected chi connectivity index (χ1v) is 12.4. The quantitative estimate of drug-likeness (QED) is 0.258. The second-order valence-electron chi connectivity index (χ2n) is 9.09. The van der Waals surface area contributed by atoms with Crippen molar-refractivity contribution in [2.45, 2.75) is 40.3 Å². The summed E-state index contributed by atoms with van der Waals surface area (Å²) in [5.41, 5.74) is 4.56. The zero-order valence-corrected chi connectivity index (χ0v) is 21.8. The maximum Gasteiger partial charge on any atom is 0.264 e. The van der Waals surface area contributed by atoms with Crippen molar-refractivity contribution in [2.24, 2.45) is 0 Å².